The number of carbonyl (C=O) groups excluding carboxylic acids is 2. The molecular weight excluding hydrogens is 438 g/mol. The summed E-state index contributed by atoms with van der Waals surface area (Å²) in [7, 11) is -2.42. The summed E-state index contributed by atoms with van der Waals surface area (Å²) in [6.07, 6.45) is 0.516. The first-order chi connectivity index (χ1) is 16.3. The second-order valence-electron chi connectivity index (χ2n) is 10.1. The quantitative estimate of drug-likeness (QED) is 0.454. The highest BCUT2D eigenvalue weighted by atomic mass is 28.3. The summed E-state index contributed by atoms with van der Waals surface area (Å²) in [5.74, 6) is -0.138. The monoisotopic (exact) mass is 471 g/mol. The largest absolute Gasteiger partial charge is 0.444 e. The summed E-state index contributed by atoms with van der Waals surface area (Å²) >= 11 is 0. The van der Waals surface area contributed by atoms with Crippen LogP contribution >= 0.6 is 0 Å². The van der Waals surface area contributed by atoms with Crippen LogP contribution in [0.3, 0.4) is 0 Å². The molecule has 1 atom stereocenters. The normalized spacial score (nSPS) is 16.5. The lowest BCUT2D eigenvalue weighted by Gasteiger charge is -2.46. The van der Waals surface area contributed by atoms with Crippen molar-refractivity contribution in [2.24, 2.45) is 0 Å². The molecule has 0 spiro atoms. The topological polar surface area (TPSA) is 46.6 Å². The van der Waals surface area contributed by atoms with Crippen molar-refractivity contribution in [2.45, 2.75) is 57.3 Å². The zero-order chi connectivity index (χ0) is 24.2. The predicted octanol–water partition coefficient (Wildman–Crippen LogP) is 5.38. The predicted molar refractivity (Wildman–Crippen MR) is 139 cm³/mol. The van der Waals surface area contributed by atoms with Crippen molar-refractivity contribution in [2.75, 3.05) is 0 Å². The summed E-state index contributed by atoms with van der Waals surface area (Å²) in [4.78, 5) is 27.4. The van der Waals surface area contributed by atoms with Gasteiger partial charge >= 0.3 is 6.09 Å². The van der Waals surface area contributed by atoms with Gasteiger partial charge in [0.1, 0.15) is 14.7 Å². The Balaban J connectivity index is 1.69. The summed E-state index contributed by atoms with van der Waals surface area (Å²) in [6.45, 7) is 7.06. The third-order valence-electron chi connectivity index (χ3n) is 7.08. The maximum absolute atomic E-state index is 13.1. The van der Waals surface area contributed by atoms with E-state index in [1.54, 1.807) is 0 Å². The number of likely N-dealkylation sites (tertiary alicyclic amines) is 1. The number of benzene rings is 3. The number of amides is 2. The van der Waals surface area contributed by atoms with E-state index in [0.29, 0.717) is 12.8 Å². The van der Waals surface area contributed by atoms with Crippen LogP contribution in [0.5, 0.6) is 0 Å². The first-order valence-electron chi connectivity index (χ1n) is 12.0. The van der Waals surface area contributed by atoms with Crippen molar-refractivity contribution in [3.05, 3.63) is 96.6 Å². The van der Waals surface area contributed by atoms with Crippen LogP contribution in [-0.4, -0.2) is 31.0 Å². The smallest absolute Gasteiger partial charge is 0.417 e. The standard InChI is InChI=1S/C29H33NO3Si/c1-29(2,3)34(25-15-9-5-10-16-25,26-17-11-6-12-18-26)22-24-19-20-27(31)30(24)28(32)33-21-23-13-7-4-8-14-23/h4-18,24H,19-22H2,1-3H3/t24-/m0/s1. The Morgan fingerprint density at radius 1 is 0.882 bits per heavy atom. The second-order valence-corrected chi connectivity index (χ2v) is 15.0. The maximum atomic E-state index is 13.1. The Hall–Kier alpha value is -3.18. The summed E-state index contributed by atoms with van der Waals surface area (Å²) in [6, 6.07) is 31.5. The molecule has 34 heavy (non-hydrogen) atoms. The molecule has 4 nitrogen and oxygen atoms in total. The number of nitrogens with zero attached hydrogens (tertiary/aromatic N) is 1. The fourth-order valence-corrected chi connectivity index (χ4v) is 11.1. The highest BCUT2D eigenvalue weighted by molar-refractivity contribution is 7.04. The molecule has 3 aromatic carbocycles. The third-order valence-corrected chi connectivity index (χ3v) is 13.4. The van der Waals surface area contributed by atoms with Crippen LogP contribution in [0.2, 0.25) is 11.1 Å². The van der Waals surface area contributed by atoms with Gasteiger partial charge in [0, 0.05) is 12.5 Å². The number of ether oxygens (including phenoxy) is 1. The zero-order valence-electron chi connectivity index (χ0n) is 20.2. The first kappa shape index (κ1) is 24.0. The van der Waals surface area contributed by atoms with Gasteiger partial charge in [-0.25, -0.2) is 9.69 Å². The van der Waals surface area contributed by atoms with Crippen molar-refractivity contribution in [1.29, 1.82) is 0 Å². The SMILES string of the molecule is CC(C)(C)[Si](C[C@@H]1CCC(=O)N1C(=O)OCc1ccccc1)(c1ccccc1)c1ccccc1. The molecule has 0 radical (unpaired) electrons. The molecule has 1 aliphatic rings. The third kappa shape index (κ3) is 4.71. The lowest BCUT2D eigenvalue weighted by molar-refractivity contribution is -0.127. The molecule has 0 bridgehead atoms. The lowest BCUT2D eigenvalue weighted by Crippen LogP contribution is -2.66. The maximum Gasteiger partial charge on any atom is 0.417 e. The molecule has 1 saturated heterocycles. The molecule has 1 fully saturated rings. The molecule has 176 valence electrons. The molecule has 1 aliphatic heterocycles. The molecule has 1 heterocycles. The molecule has 0 unspecified atom stereocenters. The van der Waals surface area contributed by atoms with Crippen LogP contribution in [0.1, 0.15) is 39.2 Å². The Bertz CT molecular complexity index is 1070. The molecule has 0 aliphatic carbocycles. The fraction of sp³-hybridized carbons (Fsp3) is 0.310. The minimum atomic E-state index is -2.42. The first-order valence-corrected chi connectivity index (χ1v) is 14.2. The van der Waals surface area contributed by atoms with Gasteiger partial charge in [-0.15, -0.1) is 0 Å². The minimum absolute atomic E-state index is 0.0407. The highest BCUT2D eigenvalue weighted by Gasteiger charge is 2.51. The van der Waals surface area contributed by atoms with E-state index in [1.807, 2.05) is 42.5 Å². The van der Waals surface area contributed by atoms with Gasteiger partial charge in [0.05, 0.1) is 0 Å². The summed E-state index contributed by atoms with van der Waals surface area (Å²) in [5, 5.41) is 2.61. The molecule has 2 amide bonds. The van der Waals surface area contributed by atoms with Crippen LogP contribution in [0, 0.1) is 0 Å². The van der Waals surface area contributed by atoms with E-state index in [1.165, 1.54) is 15.3 Å². The fourth-order valence-electron chi connectivity index (χ4n) is 5.35. The van der Waals surface area contributed by atoms with Gasteiger partial charge in [-0.2, -0.15) is 0 Å². The van der Waals surface area contributed by atoms with E-state index < -0.39 is 14.2 Å². The van der Waals surface area contributed by atoms with Crippen molar-refractivity contribution >= 4 is 30.4 Å². The Morgan fingerprint density at radius 3 is 1.88 bits per heavy atom. The molecule has 0 saturated carbocycles. The second kappa shape index (κ2) is 9.98. The van der Waals surface area contributed by atoms with Crippen molar-refractivity contribution in [3.8, 4) is 0 Å². The number of rotatable bonds is 6. The van der Waals surface area contributed by atoms with Gasteiger partial charge in [0.25, 0.3) is 0 Å². The van der Waals surface area contributed by atoms with Crippen LogP contribution in [0.25, 0.3) is 0 Å². The van der Waals surface area contributed by atoms with Crippen molar-refractivity contribution < 1.29 is 14.3 Å². The van der Waals surface area contributed by atoms with Crippen molar-refractivity contribution in [3.63, 3.8) is 0 Å². The van der Waals surface area contributed by atoms with E-state index in [-0.39, 0.29) is 23.6 Å². The van der Waals surface area contributed by atoms with Gasteiger partial charge in [-0.05, 0) is 23.1 Å². The summed E-state index contributed by atoms with van der Waals surface area (Å²) < 4.78 is 5.61. The average Bonchev–Trinajstić information content (AvgIpc) is 3.21. The van der Waals surface area contributed by atoms with Crippen molar-refractivity contribution in [1.82, 2.24) is 4.90 Å². The van der Waals surface area contributed by atoms with Gasteiger partial charge in [0.2, 0.25) is 5.91 Å². The number of hydrogen-bond acceptors (Lipinski definition) is 3. The van der Waals surface area contributed by atoms with Crippen LogP contribution < -0.4 is 10.4 Å². The van der Waals surface area contributed by atoms with Crippen LogP contribution in [0.15, 0.2) is 91.0 Å². The number of carbonyl (C=O) groups is 2. The summed E-state index contributed by atoms with van der Waals surface area (Å²) in [5.41, 5.74) is 0.908. The van der Waals surface area contributed by atoms with Crippen LogP contribution in [-0.2, 0) is 16.1 Å². The van der Waals surface area contributed by atoms with E-state index in [9.17, 15) is 9.59 Å². The number of imide groups is 1. The van der Waals surface area contributed by atoms with E-state index in [2.05, 4.69) is 69.3 Å². The average molecular weight is 472 g/mol. The molecule has 3 aromatic rings. The van der Waals surface area contributed by atoms with Crippen LogP contribution in [0.4, 0.5) is 4.79 Å². The highest BCUT2D eigenvalue weighted by Crippen LogP contribution is 2.41. The number of hydrogen-bond donors (Lipinski definition) is 0. The Labute approximate surface area is 203 Å². The van der Waals surface area contributed by atoms with E-state index >= 15 is 0 Å². The Morgan fingerprint density at radius 2 is 1.38 bits per heavy atom. The minimum Gasteiger partial charge on any atom is -0.444 e. The molecule has 4 rings (SSSR count). The van der Waals surface area contributed by atoms with E-state index in [0.717, 1.165) is 11.6 Å². The lowest BCUT2D eigenvalue weighted by atomic mass is 10.2. The molecule has 0 N–H and O–H groups in total. The zero-order valence-corrected chi connectivity index (χ0v) is 21.2. The van der Waals surface area contributed by atoms with E-state index in [4.69, 9.17) is 4.74 Å². The van der Waals surface area contributed by atoms with Gasteiger partial charge in [-0.3, -0.25) is 4.79 Å². The molecule has 0 aromatic heterocycles. The van der Waals surface area contributed by atoms with Gasteiger partial charge in [-0.1, -0.05) is 122 Å². The van der Waals surface area contributed by atoms with Gasteiger partial charge in [0.15, 0.2) is 0 Å². The Kier molecular flexibility index (Phi) is 7.03. The van der Waals surface area contributed by atoms with Gasteiger partial charge < -0.3 is 4.74 Å². The molecule has 5 heteroatoms. The molecular formula is C29H33NO3Si.